The van der Waals surface area contributed by atoms with Crippen LogP contribution in [0.15, 0.2) is 102 Å². The third-order valence-electron chi connectivity index (χ3n) is 6.52. The number of hydrogen-bond acceptors (Lipinski definition) is 8. The van der Waals surface area contributed by atoms with E-state index in [1.165, 1.54) is 50.3 Å². The molecule has 0 aliphatic heterocycles. The molecular weight excluding hydrogens is 610 g/mol. The van der Waals surface area contributed by atoms with E-state index >= 15 is 0 Å². The first-order chi connectivity index (χ1) is 22.1. The minimum absolute atomic E-state index is 0.0264. The summed E-state index contributed by atoms with van der Waals surface area (Å²) in [5.41, 5.74) is 1.22. The summed E-state index contributed by atoms with van der Waals surface area (Å²) in [6.07, 6.45) is 1.52. The monoisotopic (exact) mass is 641 g/mol. The maximum atomic E-state index is 13.5. The molecule has 0 saturated carbocycles. The summed E-state index contributed by atoms with van der Waals surface area (Å²) in [6.45, 7) is 1.67. The van der Waals surface area contributed by atoms with E-state index in [4.69, 9.17) is 9.47 Å². The Bertz CT molecular complexity index is 1790. The molecule has 0 aliphatic rings. The summed E-state index contributed by atoms with van der Waals surface area (Å²) in [4.78, 5) is 51.3. The van der Waals surface area contributed by atoms with Gasteiger partial charge in [-0.15, -0.1) is 11.8 Å². The van der Waals surface area contributed by atoms with Crippen LogP contribution in [-0.4, -0.2) is 53.4 Å². The number of thioether (sulfide) groups is 1. The topological polar surface area (TPSA) is 163 Å². The number of rotatable bonds is 12. The number of phenols is 1. The van der Waals surface area contributed by atoms with Crippen LogP contribution in [0, 0.1) is 0 Å². The summed E-state index contributed by atoms with van der Waals surface area (Å²) in [5.74, 6) is -2.25. The summed E-state index contributed by atoms with van der Waals surface area (Å²) in [6, 6.07) is 24.1. The Kier molecular flexibility index (Phi) is 11.0. The van der Waals surface area contributed by atoms with Gasteiger partial charge in [-0.05, 0) is 79.2 Å². The summed E-state index contributed by atoms with van der Waals surface area (Å²) >= 11 is 1.21. The molecule has 0 aromatic heterocycles. The molecule has 11 nitrogen and oxygen atoms in total. The number of carbonyl (C=O) groups is 4. The molecule has 4 aromatic rings. The van der Waals surface area contributed by atoms with Crippen LogP contribution >= 0.6 is 11.8 Å². The molecule has 0 fully saturated rings. The number of amides is 3. The average Bonchev–Trinajstić information content (AvgIpc) is 3.05. The lowest BCUT2D eigenvalue weighted by molar-refractivity contribution is -0.115. The Morgan fingerprint density at radius 3 is 2.22 bits per heavy atom. The number of carboxylic acids is 1. The summed E-state index contributed by atoms with van der Waals surface area (Å²) in [7, 11) is 3.01. The predicted octanol–water partition coefficient (Wildman–Crippen LogP) is 5.64. The van der Waals surface area contributed by atoms with Crippen LogP contribution in [0.3, 0.4) is 0 Å². The highest BCUT2D eigenvalue weighted by Crippen LogP contribution is 2.30. The Hall–Kier alpha value is -5.75. The molecule has 1 atom stereocenters. The van der Waals surface area contributed by atoms with Crippen molar-refractivity contribution in [2.24, 2.45) is 0 Å². The highest BCUT2D eigenvalue weighted by molar-refractivity contribution is 8.00. The second kappa shape index (κ2) is 15.3. The minimum Gasteiger partial charge on any atom is -0.507 e. The molecule has 4 rings (SSSR count). The molecule has 236 valence electrons. The van der Waals surface area contributed by atoms with Crippen molar-refractivity contribution < 1.29 is 38.9 Å². The van der Waals surface area contributed by atoms with Crippen LogP contribution in [0.2, 0.25) is 0 Å². The van der Waals surface area contributed by atoms with Crippen molar-refractivity contribution in [3.8, 4) is 17.2 Å². The van der Waals surface area contributed by atoms with E-state index in [1.807, 2.05) is 0 Å². The maximum absolute atomic E-state index is 13.5. The largest absolute Gasteiger partial charge is 0.507 e. The first-order valence-corrected chi connectivity index (χ1v) is 14.7. The molecule has 0 radical (unpaired) electrons. The van der Waals surface area contributed by atoms with Gasteiger partial charge in [-0.2, -0.15) is 0 Å². The Morgan fingerprint density at radius 1 is 0.804 bits per heavy atom. The van der Waals surface area contributed by atoms with Crippen LogP contribution in [-0.2, 0) is 9.59 Å². The average molecular weight is 642 g/mol. The molecular formula is C34H31N3O8S. The molecule has 3 amide bonds. The molecule has 1 unspecified atom stereocenters. The predicted molar refractivity (Wildman–Crippen MR) is 176 cm³/mol. The first-order valence-electron chi connectivity index (χ1n) is 13.8. The molecule has 0 bridgehead atoms. The quantitative estimate of drug-likeness (QED) is 0.0749. The molecule has 12 heteroatoms. The zero-order valence-electron chi connectivity index (χ0n) is 25.1. The molecule has 46 heavy (non-hydrogen) atoms. The van der Waals surface area contributed by atoms with Crippen molar-refractivity contribution in [1.29, 1.82) is 0 Å². The second-order valence-corrected chi connectivity index (χ2v) is 11.2. The molecule has 5 N–H and O–H groups in total. The zero-order valence-corrected chi connectivity index (χ0v) is 25.9. The summed E-state index contributed by atoms with van der Waals surface area (Å²) < 4.78 is 10.7. The van der Waals surface area contributed by atoms with Gasteiger partial charge in [0, 0.05) is 21.8 Å². The number of carbonyl (C=O) groups excluding carboxylic acids is 3. The number of carboxylic acid groups (broad SMARTS) is 1. The van der Waals surface area contributed by atoms with Crippen LogP contribution < -0.4 is 25.4 Å². The van der Waals surface area contributed by atoms with Crippen molar-refractivity contribution in [3.63, 3.8) is 0 Å². The van der Waals surface area contributed by atoms with Crippen LogP contribution in [0.1, 0.15) is 33.2 Å². The number of nitrogens with one attached hydrogen (secondary N) is 3. The molecule has 0 aliphatic carbocycles. The molecule has 0 saturated heterocycles. The van der Waals surface area contributed by atoms with Gasteiger partial charge in [-0.25, -0.2) is 4.79 Å². The van der Waals surface area contributed by atoms with Crippen LogP contribution in [0.5, 0.6) is 17.2 Å². The van der Waals surface area contributed by atoms with Gasteiger partial charge in [0.25, 0.3) is 11.8 Å². The SMILES string of the molecule is COc1ccc(/C=C(/NC(=O)c2ccccc2)C(=O)Nc2cccc(SC(C)C(=O)Nc3ccc(O)c(C(=O)O)c3)c2)cc1OC. The lowest BCUT2D eigenvalue weighted by Crippen LogP contribution is -2.30. The van der Waals surface area contributed by atoms with E-state index in [1.54, 1.807) is 79.7 Å². The Labute approximate surface area is 269 Å². The van der Waals surface area contributed by atoms with Gasteiger partial charge >= 0.3 is 5.97 Å². The number of ether oxygens (including phenoxy) is 2. The minimum atomic E-state index is -1.32. The normalized spacial score (nSPS) is 11.6. The van der Waals surface area contributed by atoms with Crippen LogP contribution in [0.25, 0.3) is 6.08 Å². The number of aromatic hydroxyl groups is 1. The van der Waals surface area contributed by atoms with Gasteiger partial charge in [0.2, 0.25) is 5.91 Å². The number of aromatic carboxylic acids is 1. The van der Waals surface area contributed by atoms with Crippen molar-refractivity contribution in [1.82, 2.24) is 5.32 Å². The number of methoxy groups -OCH3 is 2. The van der Waals surface area contributed by atoms with Gasteiger partial charge in [0.15, 0.2) is 11.5 Å². The van der Waals surface area contributed by atoms with Gasteiger partial charge in [-0.1, -0.05) is 30.3 Å². The third-order valence-corrected chi connectivity index (χ3v) is 7.61. The van der Waals surface area contributed by atoms with E-state index in [2.05, 4.69) is 16.0 Å². The van der Waals surface area contributed by atoms with Crippen molar-refractivity contribution in [2.75, 3.05) is 24.9 Å². The maximum Gasteiger partial charge on any atom is 0.339 e. The van der Waals surface area contributed by atoms with E-state index in [0.29, 0.717) is 33.2 Å². The van der Waals surface area contributed by atoms with Gasteiger partial charge in [-0.3, -0.25) is 14.4 Å². The fourth-order valence-corrected chi connectivity index (χ4v) is 5.11. The van der Waals surface area contributed by atoms with E-state index in [0.717, 1.165) is 0 Å². The number of benzene rings is 4. The van der Waals surface area contributed by atoms with Crippen LogP contribution in [0.4, 0.5) is 11.4 Å². The van der Waals surface area contributed by atoms with E-state index < -0.39 is 34.7 Å². The van der Waals surface area contributed by atoms with Gasteiger partial charge < -0.3 is 35.6 Å². The fraction of sp³-hybridized carbons (Fsp3) is 0.118. The van der Waals surface area contributed by atoms with E-state index in [-0.39, 0.29) is 16.9 Å². The lowest BCUT2D eigenvalue weighted by Gasteiger charge is -2.15. The molecule has 0 spiro atoms. The molecule has 0 heterocycles. The lowest BCUT2D eigenvalue weighted by atomic mass is 10.1. The molecule has 4 aromatic carbocycles. The third kappa shape index (κ3) is 8.67. The first kappa shape index (κ1) is 33.1. The summed E-state index contributed by atoms with van der Waals surface area (Å²) in [5, 5.41) is 26.5. The fourth-order valence-electron chi connectivity index (χ4n) is 4.18. The Morgan fingerprint density at radius 2 is 1.52 bits per heavy atom. The van der Waals surface area contributed by atoms with Crippen molar-refractivity contribution in [3.05, 3.63) is 113 Å². The number of anilines is 2. The highest BCUT2D eigenvalue weighted by atomic mass is 32.2. The standard InChI is InChI=1S/C34H31N3O8S/c1-20(31(39)35-24-13-14-28(38)26(19-24)34(42)43)46-25-11-7-10-23(18-25)36-33(41)27(37-32(40)22-8-5-4-6-9-22)16-21-12-15-29(44-2)30(17-21)45-3/h4-20,38H,1-3H3,(H,35,39)(H,36,41)(H,37,40)(H,42,43)/b27-16+. The van der Waals surface area contributed by atoms with Crippen molar-refractivity contribution >= 4 is 52.9 Å². The Balaban J connectivity index is 1.51. The second-order valence-electron chi connectivity index (χ2n) is 9.76. The highest BCUT2D eigenvalue weighted by Gasteiger charge is 2.19. The zero-order chi connectivity index (χ0) is 33.2. The van der Waals surface area contributed by atoms with Gasteiger partial charge in [0.05, 0.1) is 19.5 Å². The van der Waals surface area contributed by atoms with Crippen molar-refractivity contribution in [2.45, 2.75) is 17.1 Å². The number of hydrogen-bond donors (Lipinski definition) is 5. The van der Waals surface area contributed by atoms with Gasteiger partial charge in [0.1, 0.15) is 17.0 Å². The van der Waals surface area contributed by atoms with E-state index in [9.17, 15) is 29.4 Å². The smallest absolute Gasteiger partial charge is 0.339 e.